The predicted molar refractivity (Wildman–Crippen MR) is 58.8 cm³/mol. The Hall–Kier alpha value is -1.65. The molecule has 0 aliphatic carbocycles. The molecule has 0 spiro atoms. The summed E-state index contributed by atoms with van der Waals surface area (Å²) < 4.78 is 0. The Labute approximate surface area is 83.8 Å². The zero-order chi connectivity index (χ0) is 11.0. The fourth-order valence-electron chi connectivity index (χ4n) is 0.749. The van der Waals surface area contributed by atoms with E-state index >= 15 is 0 Å². The van der Waals surface area contributed by atoms with E-state index in [4.69, 9.17) is 5.73 Å². The molecule has 0 aromatic carbocycles. The van der Waals surface area contributed by atoms with E-state index in [-0.39, 0.29) is 5.95 Å². The average molecular weight is 195 g/mol. The molecule has 0 aliphatic heterocycles. The van der Waals surface area contributed by atoms with Crippen LogP contribution >= 0.6 is 0 Å². The molecule has 0 bridgehead atoms. The summed E-state index contributed by atoms with van der Waals surface area (Å²) in [5.41, 5.74) is 6.71. The van der Waals surface area contributed by atoms with Gasteiger partial charge in [0.25, 0.3) is 0 Å². The summed E-state index contributed by atoms with van der Waals surface area (Å²) in [6, 6.07) is 0. The summed E-state index contributed by atoms with van der Waals surface area (Å²) in [5.74, 6) is 0.250. The topological polar surface area (TPSA) is 80.5 Å². The second-order valence-electron chi connectivity index (χ2n) is 1.87. The molecule has 2 rings (SSSR count). The average Bonchev–Trinajstić information content (AvgIpc) is 2.71. The van der Waals surface area contributed by atoms with Gasteiger partial charge in [0.2, 0.25) is 5.95 Å². The lowest BCUT2D eigenvalue weighted by molar-refractivity contribution is 1.22. The van der Waals surface area contributed by atoms with Gasteiger partial charge in [-0.2, -0.15) is 4.98 Å². The molecule has 0 saturated carbocycles. The number of rotatable bonds is 0. The molecule has 5 heteroatoms. The van der Waals surface area contributed by atoms with Gasteiger partial charge in [-0.25, -0.2) is 9.97 Å². The maximum atomic E-state index is 5.31. The molecule has 2 heterocycles. The summed E-state index contributed by atoms with van der Waals surface area (Å²) in [6.07, 6.45) is 3.16. The molecule has 78 valence electrons. The molecule has 3 N–H and O–H groups in total. The van der Waals surface area contributed by atoms with E-state index in [1.807, 2.05) is 27.7 Å². The van der Waals surface area contributed by atoms with Gasteiger partial charge in [-0.05, 0) is 0 Å². The number of hydrogen-bond acceptors (Lipinski definition) is 4. The summed E-state index contributed by atoms with van der Waals surface area (Å²) in [7, 11) is 0. The monoisotopic (exact) mass is 195 g/mol. The highest BCUT2D eigenvalue weighted by Gasteiger charge is 1.95. The first-order valence-electron chi connectivity index (χ1n) is 4.78. The van der Waals surface area contributed by atoms with E-state index in [1.165, 1.54) is 0 Å². The molecule has 2 aromatic rings. The first kappa shape index (κ1) is 12.3. The Morgan fingerprint density at radius 3 is 2.43 bits per heavy atom. The molecule has 5 nitrogen and oxygen atoms in total. The summed E-state index contributed by atoms with van der Waals surface area (Å²) >= 11 is 0. The summed E-state index contributed by atoms with van der Waals surface area (Å²) in [6.45, 7) is 8.00. The third-order valence-corrected chi connectivity index (χ3v) is 1.19. The van der Waals surface area contributed by atoms with Crippen molar-refractivity contribution in [2.45, 2.75) is 27.7 Å². The number of fused-ring (bicyclic) bond motifs is 1. The minimum atomic E-state index is 0.250. The second kappa shape index (κ2) is 6.82. The van der Waals surface area contributed by atoms with Gasteiger partial charge >= 0.3 is 0 Å². The van der Waals surface area contributed by atoms with Crippen molar-refractivity contribution in [3.05, 3.63) is 12.5 Å². The highest BCUT2D eigenvalue weighted by Crippen LogP contribution is 2.03. The van der Waals surface area contributed by atoms with Crippen molar-refractivity contribution in [2.24, 2.45) is 0 Å². The number of nitrogen functional groups attached to an aromatic ring is 1. The fraction of sp³-hybridized carbons (Fsp3) is 0.444. The Bertz CT molecular complexity index is 355. The predicted octanol–water partition coefficient (Wildman–Crippen LogP) is 1.99. The van der Waals surface area contributed by atoms with Gasteiger partial charge in [0, 0.05) is 0 Å². The molecule has 2 aromatic heterocycles. The zero-order valence-electron chi connectivity index (χ0n) is 9.07. The number of hydrogen-bond donors (Lipinski definition) is 2. The molecule has 0 radical (unpaired) electrons. The van der Waals surface area contributed by atoms with E-state index in [1.54, 1.807) is 12.5 Å². The smallest absolute Gasteiger partial charge is 0.222 e. The van der Waals surface area contributed by atoms with Crippen molar-refractivity contribution in [3.63, 3.8) is 0 Å². The Balaban J connectivity index is 0.000000379. The molecular formula is C9H17N5. The number of imidazole rings is 1. The van der Waals surface area contributed by atoms with Crippen LogP contribution in [0.25, 0.3) is 11.2 Å². The van der Waals surface area contributed by atoms with Crippen LogP contribution in [-0.4, -0.2) is 19.9 Å². The van der Waals surface area contributed by atoms with Gasteiger partial charge in [-0.3, -0.25) is 0 Å². The van der Waals surface area contributed by atoms with E-state index < -0.39 is 0 Å². The molecule has 14 heavy (non-hydrogen) atoms. The van der Waals surface area contributed by atoms with Crippen LogP contribution in [0.1, 0.15) is 27.7 Å². The molecule has 0 unspecified atom stereocenters. The van der Waals surface area contributed by atoms with Gasteiger partial charge in [0.1, 0.15) is 5.52 Å². The highest BCUT2D eigenvalue weighted by atomic mass is 15.1. The number of nitrogens with one attached hydrogen (secondary N) is 1. The molecule has 0 aliphatic rings. The minimum absolute atomic E-state index is 0.250. The molecule has 0 fully saturated rings. The van der Waals surface area contributed by atoms with E-state index in [9.17, 15) is 0 Å². The van der Waals surface area contributed by atoms with Crippen LogP contribution in [0.15, 0.2) is 12.5 Å². The summed E-state index contributed by atoms with van der Waals surface area (Å²) in [4.78, 5) is 14.4. The number of nitrogens with zero attached hydrogens (tertiary/aromatic N) is 3. The lowest BCUT2D eigenvalue weighted by atomic mass is 10.6. The van der Waals surface area contributed by atoms with E-state index in [0.717, 1.165) is 5.52 Å². The molecular weight excluding hydrogens is 178 g/mol. The largest absolute Gasteiger partial charge is 0.368 e. The maximum Gasteiger partial charge on any atom is 0.222 e. The van der Waals surface area contributed by atoms with Crippen molar-refractivity contribution in [3.8, 4) is 0 Å². The third kappa shape index (κ3) is 3.01. The quantitative estimate of drug-likeness (QED) is 0.673. The number of nitrogens with two attached hydrogens (primary N) is 1. The van der Waals surface area contributed by atoms with Crippen LogP contribution in [0.4, 0.5) is 5.95 Å². The third-order valence-electron chi connectivity index (χ3n) is 1.19. The van der Waals surface area contributed by atoms with Gasteiger partial charge in [-0.1, -0.05) is 27.7 Å². The SMILES string of the molecule is CC.CC.Nc1ncc2[nH]cnc2n1. The highest BCUT2D eigenvalue weighted by molar-refractivity contribution is 5.69. The number of aromatic nitrogens is 4. The van der Waals surface area contributed by atoms with Crippen LogP contribution in [0.5, 0.6) is 0 Å². The van der Waals surface area contributed by atoms with Crippen molar-refractivity contribution >= 4 is 17.1 Å². The molecule has 0 atom stereocenters. The number of aromatic amines is 1. The Kier molecular flexibility index (Phi) is 6.02. The van der Waals surface area contributed by atoms with Crippen LogP contribution < -0.4 is 5.73 Å². The first-order valence-corrected chi connectivity index (χ1v) is 4.78. The minimum Gasteiger partial charge on any atom is -0.368 e. The lowest BCUT2D eigenvalue weighted by Gasteiger charge is -1.87. The van der Waals surface area contributed by atoms with Gasteiger partial charge < -0.3 is 10.7 Å². The zero-order valence-corrected chi connectivity index (χ0v) is 9.07. The van der Waals surface area contributed by atoms with Crippen LogP contribution in [0.2, 0.25) is 0 Å². The van der Waals surface area contributed by atoms with Gasteiger partial charge in [0.05, 0.1) is 12.5 Å². The summed E-state index contributed by atoms with van der Waals surface area (Å²) in [5, 5.41) is 0. The lowest BCUT2D eigenvalue weighted by Crippen LogP contribution is -1.93. The first-order chi connectivity index (χ1) is 6.86. The van der Waals surface area contributed by atoms with Crippen LogP contribution in [-0.2, 0) is 0 Å². The van der Waals surface area contributed by atoms with Crippen LogP contribution in [0, 0.1) is 0 Å². The number of anilines is 1. The van der Waals surface area contributed by atoms with E-state index in [0.29, 0.717) is 5.65 Å². The van der Waals surface area contributed by atoms with Gasteiger partial charge in [-0.15, -0.1) is 0 Å². The van der Waals surface area contributed by atoms with Crippen molar-refractivity contribution in [1.29, 1.82) is 0 Å². The standard InChI is InChI=1S/C5H5N5.2C2H6/c6-5-7-1-3-4(10-5)9-2-8-3;2*1-2/h1-2H,(H3,6,7,8,9,10);2*1-2H3. The van der Waals surface area contributed by atoms with E-state index in [2.05, 4.69) is 19.9 Å². The van der Waals surface area contributed by atoms with Crippen molar-refractivity contribution in [1.82, 2.24) is 19.9 Å². The van der Waals surface area contributed by atoms with Crippen molar-refractivity contribution < 1.29 is 0 Å². The Morgan fingerprint density at radius 1 is 1.14 bits per heavy atom. The maximum absolute atomic E-state index is 5.31. The van der Waals surface area contributed by atoms with Crippen LogP contribution in [0.3, 0.4) is 0 Å². The van der Waals surface area contributed by atoms with Crippen molar-refractivity contribution in [2.75, 3.05) is 5.73 Å². The fourth-order valence-corrected chi connectivity index (χ4v) is 0.749. The normalized spacial score (nSPS) is 8.29. The van der Waals surface area contributed by atoms with Gasteiger partial charge in [0.15, 0.2) is 5.65 Å². The Morgan fingerprint density at radius 2 is 1.79 bits per heavy atom. The number of H-pyrrole nitrogens is 1. The second-order valence-corrected chi connectivity index (χ2v) is 1.87. The molecule has 0 saturated heterocycles. The molecule has 0 amide bonds.